The molecule has 3 aromatic heterocycles. The van der Waals surface area contributed by atoms with Crippen LogP contribution in [0.15, 0.2) is 60.8 Å². The van der Waals surface area contributed by atoms with E-state index in [9.17, 15) is 9.59 Å². The Hall–Kier alpha value is -3.96. The maximum absolute atomic E-state index is 12.5. The molecule has 1 fully saturated rings. The van der Waals surface area contributed by atoms with Crippen LogP contribution in [0.1, 0.15) is 48.0 Å². The van der Waals surface area contributed by atoms with Gasteiger partial charge in [-0.1, -0.05) is 47.2 Å². The molecular formula is C26H25ClN8O2S. The molecule has 5 rings (SSSR count). The Bertz CT molecular complexity index is 1420. The van der Waals surface area contributed by atoms with Crippen molar-refractivity contribution in [2.75, 3.05) is 22.1 Å². The highest BCUT2D eigenvalue weighted by Crippen LogP contribution is 2.43. The third-order valence-electron chi connectivity index (χ3n) is 6.22. The van der Waals surface area contributed by atoms with Crippen LogP contribution in [0.2, 0.25) is 5.02 Å². The smallest absolute Gasteiger partial charge is 0.232 e. The zero-order chi connectivity index (χ0) is 26.5. The molecule has 1 aliphatic heterocycles. The van der Waals surface area contributed by atoms with Gasteiger partial charge in [-0.2, -0.15) is 0 Å². The molecule has 2 atom stereocenters. The summed E-state index contributed by atoms with van der Waals surface area (Å²) < 4.78 is 0. The van der Waals surface area contributed by atoms with E-state index >= 15 is 0 Å². The first-order valence-corrected chi connectivity index (χ1v) is 13.3. The number of anilines is 3. The van der Waals surface area contributed by atoms with Crippen molar-refractivity contribution in [3.8, 4) is 0 Å². The molecule has 0 aliphatic carbocycles. The van der Waals surface area contributed by atoms with Crippen molar-refractivity contribution in [1.29, 1.82) is 0 Å². The highest BCUT2D eigenvalue weighted by molar-refractivity contribution is 7.15. The van der Waals surface area contributed by atoms with Gasteiger partial charge in [-0.15, -0.1) is 20.4 Å². The van der Waals surface area contributed by atoms with Gasteiger partial charge in [0.1, 0.15) is 5.01 Å². The number of pyridine rings is 1. The number of rotatable bonds is 7. The van der Waals surface area contributed by atoms with E-state index in [4.69, 9.17) is 11.6 Å². The summed E-state index contributed by atoms with van der Waals surface area (Å²) in [6, 6.07) is 16.8. The van der Waals surface area contributed by atoms with Crippen LogP contribution in [-0.4, -0.2) is 43.7 Å². The lowest BCUT2D eigenvalue weighted by Crippen LogP contribution is -2.37. The molecule has 0 radical (unpaired) electrons. The number of halogens is 1. The minimum atomic E-state index is -0.203. The van der Waals surface area contributed by atoms with Crippen molar-refractivity contribution in [1.82, 2.24) is 25.4 Å². The standard InChI is InChI=1S/C26H25ClN8O2S/c1-16(36)29-22-9-10-23(32-31-22)35-13-11-17(14-21(35)19-7-2-3-8-20(19)27)25-33-34-26(38-25)30-24(37)15-18-6-4-5-12-28-18/h2-10,12,17,21H,11,13-15H2,1H3,(H,29,31,36)(H,30,34,37). The Kier molecular flexibility index (Phi) is 7.85. The third-order valence-corrected chi connectivity index (χ3v) is 7.56. The van der Waals surface area contributed by atoms with Crippen LogP contribution in [0.5, 0.6) is 0 Å². The summed E-state index contributed by atoms with van der Waals surface area (Å²) in [7, 11) is 0. The molecule has 0 saturated carbocycles. The second-order valence-corrected chi connectivity index (χ2v) is 10.3. The molecule has 194 valence electrons. The number of piperidine rings is 1. The molecular weight excluding hydrogens is 524 g/mol. The molecule has 2 unspecified atom stereocenters. The summed E-state index contributed by atoms with van der Waals surface area (Å²) in [6.45, 7) is 2.12. The van der Waals surface area contributed by atoms with E-state index in [-0.39, 0.29) is 30.2 Å². The van der Waals surface area contributed by atoms with Crippen LogP contribution >= 0.6 is 22.9 Å². The Labute approximate surface area is 228 Å². The van der Waals surface area contributed by atoms with Crippen LogP contribution in [0.4, 0.5) is 16.8 Å². The molecule has 1 saturated heterocycles. The summed E-state index contributed by atoms with van der Waals surface area (Å²) in [5, 5.41) is 24.6. The Morgan fingerprint density at radius 2 is 1.87 bits per heavy atom. The summed E-state index contributed by atoms with van der Waals surface area (Å²) in [4.78, 5) is 30.2. The van der Waals surface area contributed by atoms with E-state index in [2.05, 4.69) is 40.9 Å². The van der Waals surface area contributed by atoms with Gasteiger partial charge < -0.3 is 15.5 Å². The zero-order valence-electron chi connectivity index (χ0n) is 20.5. The van der Waals surface area contributed by atoms with Crippen LogP contribution in [-0.2, 0) is 16.0 Å². The number of benzene rings is 1. The number of aromatic nitrogens is 5. The third kappa shape index (κ3) is 6.12. The minimum absolute atomic E-state index is 0.0746. The largest absolute Gasteiger partial charge is 0.348 e. The van der Waals surface area contributed by atoms with Gasteiger partial charge in [0.05, 0.1) is 12.5 Å². The molecule has 4 heterocycles. The first kappa shape index (κ1) is 25.7. The molecule has 2 amide bonds. The van der Waals surface area contributed by atoms with Crippen LogP contribution in [0, 0.1) is 0 Å². The first-order valence-electron chi connectivity index (χ1n) is 12.1. The summed E-state index contributed by atoms with van der Waals surface area (Å²) in [6.07, 6.45) is 3.38. The second-order valence-electron chi connectivity index (χ2n) is 8.90. The zero-order valence-corrected chi connectivity index (χ0v) is 22.1. The lowest BCUT2D eigenvalue weighted by molar-refractivity contribution is -0.116. The van der Waals surface area contributed by atoms with Gasteiger partial charge >= 0.3 is 0 Å². The van der Waals surface area contributed by atoms with Crippen LogP contribution < -0.4 is 15.5 Å². The predicted molar refractivity (Wildman–Crippen MR) is 146 cm³/mol. The van der Waals surface area contributed by atoms with E-state index in [0.29, 0.717) is 34.0 Å². The molecule has 0 bridgehead atoms. The van der Waals surface area contributed by atoms with Gasteiger partial charge in [-0.25, -0.2) is 0 Å². The maximum Gasteiger partial charge on any atom is 0.232 e. The lowest BCUT2D eigenvalue weighted by atomic mass is 9.87. The average Bonchev–Trinajstić information content (AvgIpc) is 3.38. The van der Waals surface area contributed by atoms with E-state index in [1.54, 1.807) is 12.3 Å². The summed E-state index contributed by atoms with van der Waals surface area (Å²) >= 11 is 8.02. The number of nitrogens with one attached hydrogen (secondary N) is 2. The van der Waals surface area contributed by atoms with Crippen molar-refractivity contribution >= 4 is 51.5 Å². The minimum Gasteiger partial charge on any atom is -0.348 e. The number of carbonyl (C=O) groups excluding carboxylic acids is 2. The number of hydrogen-bond acceptors (Lipinski definition) is 9. The first-order chi connectivity index (χ1) is 18.5. The van der Waals surface area contributed by atoms with Crippen molar-refractivity contribution in [3.05, 3.63) is 82.1 Å². The van der Waals surface area contributed by atoms with Gasteiger partial charge in [0.25, 0.3) is 0 Å². The van der Waals surface area contributed by atoms with Crippen molar-refractivity contribution in [2.24, 2.45) is 0 Å². The summed E-state index contributed by atoms with van der Waals surface area (Å²) in [5.41, 5.74) is 1.68. The summed E-state index contributed by atoms with van der Waals surface area (Å²) in [5.74, 6) is 0.833. The number of amides is 2. The Balaban J connectivity index is 1.33. The highest BCUT2D eigenvalue weighted by atomic mass is 35.5. The molecule has 10 nitrogen and oxygen atoms in total. The molecule has 12 heteroatoms. The molecule has 4 aromatic rings. The highest BCUT2D eigenvalue weighted by Gasteiger charge is 2.34. The van der Waals surface area contributed by atoms with Crippen molar-refractivity contribution < 1.29 is 9.59 Å². The number of hydrogen-bond donors (Lipinski definition) is 2. The van der Waals surface area contributed by atoms with Gasteiger partial charge in [-0.3, -0.25) is 14.6 Å². The second kappa shape index (κ2) is 11.6. The number of nitrogens with zero attached hydrogens (tertiary/aromatic N) is 6. The lowest BCUT2D eigenvalue weighted by Gasteiger charge is -2.40. The molecule has 0 spiro atoms. The van der Waals surface area contributed by atoms with Crippen molar-refractivity contribution in [2.45, 2.75) is 38.1 Å². The molecule has 1 aromatic carbocycles. The van der Waals surface area contributed by atoms with E-state index in [1.165, 1.54) is 18.3 Å². The predicted octanol–water partition coefficient (Wildman–Crippen LogP) is 4.64. The van der Waals surface area contributed by atoms with Gasteiger partial charge in [0, 0.05) is 36.3 Å². The topological polar surface area (TPSA) is 126 Å². The normalized spacial score (nSPS) is 17.2. The van der Waals surface area contributed by atoms with Gasteiger partial charge in [0.15, 0.2) is 11.6 Å². The fourth-order valence-corrected chi connectivity index (χ4v) is 5.68. The average molecular weight is 549 g/mol. The van der Waals surface area contributed by atoms with Gasteiger partial charge in [-0.05, 0) is 48.7 Å². The van der Waals surface area contributed by atoms with E-state index in [1.807, 2.05) is 48.5 Å². The molecule has 38 heavy (non-hydrogen) atoms. The van der Waals surface area contributed by atoms with Crippen molar-refractivity contribution in [3.63, 3.8) is 0 Å². The quantitative estimate of drug-likeness (QED) is 0.342. The van der Waals surface area contributed by atoms with Crippen LogP contribution in [0.25, 0.3) is 0 Å². The molecule has 1 aliphatic rings. The van der Waals surface area contributed by atoms with Crippen LogP contribution in [0.3, 0.4) is 0 Å². The monoisotopic (exact) mass is 548 g/mol. The maximum atomic E-state index is 12.5. The SMILES string of the molecule is CC(=O)Nc1ccc(N2CCC(c3nnc(NC(=O)Cc4ccccn4)s3)CC2c2ccccc2Cl)nn1. The number of carbonyl (C=O) groups is 2. The van der Waals surface area contributed by atoms with E-state index in [0.717, 1.165) is 23.4 Å². The van der Waals surface area contributed by atoms with E-state index < -0.39 is 0 Å². The fraction of sp³-hybridized carbons (Fsp3) is 0.269. The Morgan fingerprint density at radius 3 is 2.61 bits per heavy atom. The Morgan fingerprint density at radius 1 is 1.03 bits per heavy atom. The van der Waals surface area contributed by atoms with Gasteiger partial charge in [0.2, 0.25) is 16.9 Å². The molecule has 2 N–H and O–H groups in total. The fourth-order valence-electron chi connectivity index (χ4n) is 4.51.